The van der Waals surface area contributed by atoms with Gasteiger partial charge in [0, 0.05) is 27.3 Å². The molecule has 0 amide bonds. The van der Waals surface area contributed by atoms with Crippen LogP contribution < -0.4 is 5.32 Å². The molecule has 8 aromatic carbocycles. The van der Waals surface area contributed by atoms with Gasteiger partial charge in [0.25, 0.3) is 0 Å². The lowest BCUT2D eigenvalue weighted by Crippen LogP contribution is -2.33. The molecule has 0 saturated heterocycles. The van der Waals surface area contributed by atoms with Crippen LogP contribution in [0.5, 0.6) is 0 Å². The highest BCUT2D eigenvalue weighted by atomic mass is 16.3. The number of aliphatic imine (C=N–C) groups is 2. The van der Waals surface area contributed by atoms with Gasteiger partial charge in [-0.2, -0.15) is 0 Å². The van der Waals surface area contributed by atoms with E-state index in [4.69, 9.17) is 14.4 Å². The van der Waals surface area contributed by atoms with E-state index in [1.54, 1.807) is 0 Å². The minimum absolute atomic E-state index is 0.138. The van der Waals surface area contributed by atoms with Crippen LogP contribution in [-0.4, -0.2) is 11.7 Å². The Hall–Kier alpha value is -7.04. The summed E-state index contributed by atoms with van der Waals surface area (Å²) in [5.74, 6) is 1.43. The molecule has 2 aliphatic rings. The van der Waals surface area contributed by atoms with Crippen molar-refractivity contribution < 1.29 is 4.42 Å². The molecule has 1 aliphatic carbocycles. The van der Waals surface area contributed by atoms with Crippen molar-refractivity contribution in [2.24, 2.45) is 9.98 Å². The number of nitrogens with one attached hydrogen (secondary N) is 1. The standard InChI is InChI=1S/C52H37N3O/c1-52(2)43-23-12-11-22-40(43)41-26-24-36(30-44(41)52)42-29-38(31-46-48(42)47-39-21-10-9-16-33(39)25-27-45(47)56-46)51-54-49(34-17-7-4-8-18-34)53-50(55-51)37-20-13-19-35(28-37)32-14-5-3-6-15-32/h3-31,49H,1-2H3,(H,53,54,55). The Bertz CT molecular complexity index is 3080. The molecule has 1 N–H and O–H groups in total. The normalized spacial score (nSPS) is 15.6. The Morgan fingerprint density at radius 1 is 0.500 bits per heavy atom. The largest absolute Gasteiger partial charge is 0.456 e. The zero-order valence-electron chi connectivity index (χ0n) is 31.1. The topological polar surface area (TPSA) is 49.9 Å². The first kappa shape index (κ1) is 32.4. The average molecular weight is 720 g/mol. The van der Waals surface area contributed by atoms with Gasteiger partial charge in [-0.3, -0.25) is 0 Å². The van der Waals surface area contributed by atoms with Gasteiger partial charge in [0.1, 0.15) is 23.2 Å². The van der Waals surface area contributed by atoms with E-state index in [1.165, 1.54) is 33.0 Å². The summed E-state index contributed by atoms with van der Waals surface area (Å²) in [6.07, 6.45) is -0.336. The second kappa shape index (κ2) is 12.5. The monoisotopic (exact) mass is 719 g/mol. The number of hydrogen-bond acceptors (Lipinski definition) is 4. The number of amidine groups is 2. The van der Waals surface area contributed by atoms with Crippen LogP contribution in [0.1, 0.15) is 47.8 Å². The van der Waals surface area contributed by atoms with Gasteiger partial charge in [0.05, 0.1) is 0 Å². The Morgan fingerprint density at radius 3 is 2.11 bits per heavy atom. The molecule has 9 aromatic rings. The van der Waals surface area contributed by atoms with Crippen molar-refractivity contribution >= 4 is 44.4 Å². The molecule has 4 nitrogen and oxygen atoms in total. The number of fused-ring (bicyclic) bond motifs is 8. The minimum atomic E-state index is -0.336. The first-order chi connectivity index (χ1) is 27.5. The Morgan fingerprint density at radius 2 is 1.23 bits per heavy atom. The molecule has 4 heteroatoms. The highest BCUT2D eigenvalue weighted by molar-refractivity contribution is 6.24. The van der Waals surface area contributed by atoms with E-state index in [9.17, 15) is 0 Å². The van der Waals surface area contributed by atoms with Crippen LogP contribution in [0.15, 0.2) is 190 Å². The van der Waals surface area contributed by atoms with Crippen molar-refractivity contribution in [3.05, 3.63) is 204 Å². The van der Waals surface area contributed by atoms with Gasteiger partial charge in [-0.1, -0.05) is 159 Å². The molecule has 1 atom stereocenters. The lowest BCUT2D eigenvalue weighted by atomic mass is 9.81. The van der Waals surface area contributed by atoms with Crippen molar-refractivity contribution in [1.29, 1.82) is 0 Å². The molecule has 1 unspecified atom stereocenters. The van der Waals surface area contributed by atoms with E-state index in [2.05, 4.69) is 183 Å². The second-order valence-corrected chi connectivity index (χ2v) is 15.4. The predicted molar refractivity (Wildman–Crippen MR) is 231 cm³/mol. The average Bonchev–Trinajstić information content (AvgIpc) is 3.76. The van der Waals surface area contributed by atoms with Crippen LogP contribution in [0.3, 0.4) is 0 Å². The SMILES string of the molecule is CC1(C)c2ccccc2-c2ccc(-c3cc(C4=NC(c5cccc(-c6ccccc6)c5)=NC(c5ccccc5)N4)cc4oc5ccc6ccccc6c5c34)cc21. The Labute approximate surface area is 325 Å². The molecular weight excluding hydrogens is 683 g/mol. The maximum atomic E-state index is 6.81. The van der Waals surface area contributed by atoms with Crippen LogP contribution in [0.4, 0.5) is 0 Å². The number of nitrogens with zero attached hydrogens (tertiary/aromatic N) is 2. The van der Waals surface area contributed by atoms with Crippen molar-refractivity contribution in [3.63, 3.8) is 0 Å². The third kappa shape index (κ3) is 5.14. The zero-order chi connectivity index (χ0) is 37.4. The number of rotatable bonds is 5. The third-order valence-electron chi connectivity index (χ3n) is 11.7. The maximum Gasteiger partial charge on any atom is 0.159 e. The van der Waals surface area contributed by atoms with Gasteiger partial charge in [-0.15, -0.1) is 0 Å². The summed E-state index contributed by atoms with van der Waals surface area (Å²) < 4.78 is 6.81. The minimum Gasteiger partial charge on any atom is -0.456 e. The van der Waals surface area contributed by atoms with E-state index in [1.807, 2.05) is 12.1 Å². The summed E-state index contributed by atoms with van der Waals surface area (Å²) >= 11 is 0. The first-order valence-corrected chi connectivity index (χ1v) is 19.3. The number of furan rings is 1. The molecular formula is C52H37N3O. The Kier molecular flexibility index (Phi) is 7.23. The van der Waals surface area contributed by atoms with Gasteiger partial charge < -0.3 is 9.73 Å². The molecule has 0 bridgehead atoms. The van der Waals surface area contributed by atoms with Crippen LogP contribution in [0.2, 0.25) is 0 Å². The molecule has 0 fully saturated rings. The summed E-state index contributed by atoms with van der Waals surface area (Å²) in [5.41, 5.74) is 14.3. The molecule has 11 rings (SSSR count). The molecule has 1 aliphatic heterocycles. The first-order valence-electron chi connectivity index (χ1n) is 19.3. The molecule has 0 saturated carbocycles. The van der Waals surface area contributed by atoms with E-state index < -0.39 is 0 Å². The van der Waals surface area contributed by atoms with Gasteiger partial charge in [0.15, 0.2) is 5.84 Å². The number of benzene rings is 8. The molecule has 56 heavy (non-hydrogen) atoms. The summed E-state index contributed by atoms with van der Waals surface area (Å²) in [4.78, 5) is 10.5. The lowest BCUT2D eigenvalue weighted by Gasteiger charge is -2.24. The van der Waals surface area contributed by atoms with Gasteiger partial charge in [0.2, 0.25) is 0 Å². The van der Waals surface area contributed by atoms with E-state index in [0.717, 1.165) is 66.7 Å². The molecule has 0 spiro atoms. The van der Waals surface area contributed by atoms with Crippen LogP contribution >= 0.6 is 0 Å². The van der Waals surface area contributed by atoms with Gasteiger partial charge >= 0.3 is 0 Å². The molecule has 2 heterocycles. The van der Waals surface area contributed by atoms with E-state index in [-0.39, 0.29) is 11.6 Å². The highest BCUT2D eigenvalue weighted by Crippen LogP contribution is 2.50. The van der Waals surface area contributed by atoms with E-state index >= 15 is 0 Å². The van der Waals surface area contributed by atoms with Gasteiger partial charge in [-0.05, 0) is 91.2 Å². The van der Waals surface area contributed by atoms with Crippen molar-refractivity contribution in [1.82, 2.24) is 5.32 Å². The maximum absolute atomic E-state index is 6.81. The molecule has 266 valence electrons. The van der Waals surface area contributed by atoms with Gasteiger partial charge in [-0.25, -0.2) is 9.98 Å². The third-order valence-corrected chi connectivity index (χ3v) is 11.7. The summed E-state index contributed by atoms with van der Waals surface area (Å²) in [6.45, 7) is 4.68. The predicted octanol–water partition coefficient (Wildman–Crippen LogP) is 12.9. The van der Waals surface area contributed by atoms with Crippen LogP contribution in [0.25, 0.3) is 66.1 Å². The fourth-order valence-electron chi connectivity index (χ4n) is 8.90. The van der Waals surface area contributed by atoms with Crippen LogP contribution in [0, 0.1) is 0 Å². The summed E-state index contributed by atoms with van der Waals surface area (Å²) in [6, 6.07) is 62.5. The zero-order valence-corrected chi connectivity index (χ0v) is 31.1. The Balaban J connectivity index is 1.14. The summed E-state index contributed by atoms with van der Waals surface area (Å²) in [7, 11) is 0. The van der Waals surface area contributed by atoms with Crippen molar-refractivity contribution in [3.8, 4) is 33.4 Å². The van der Waals surface area contributed by atoms with E-state index in [0.29, 0.717) is 5.84 Å². The molecule has 0 radical (unpaired) electrons. The summed E-state index contributed by atoms with van der Waals surface area (Å²) in [5, 5.41) is 8.32. The second-order valence-electron chi connectivity index (χ2n) is 15.4. The molecule has 1 aromatic heterocycles. The lowest BCUT2D eigenvalue weighted by molar-refractivity contribution is 0.660. The van der Waals surface area contributed by atoms with Crippen molar-refractivity contribution in [2.75, 3.05) is 0 Å². The fourth-order valence-corrected chi connectivity index (χ4v) is 8.90. The van der Waals surface area contributed by atoms with Crippen molar-refractivity contribution in [2.45, 2.75) is 25.4 Å². The van der Waals surface area contributed by atoms with Crippen LogP contribution in [-0.2, 0) is 5.41 Å². The fraction of sp³-hybridized carbons (Fsp3) is 0.0769. The quantitative estimate of drug-likeness (QED) is 0.192. The highest BCUT2D eigenvalue weighted by Gasteiger charge is 2.35. The number of hydrogen-bond donors (Lipinski definition) is 1. The smallest absolute Gasteiger partial charge is 0.159 e.